The second-order valence-corrected chi connectivity index (χ2v) is 8.67. The third kappa shape index (κ3) is 6.33. The third-order valence-electron chi connectivity index (χ3n) is 5.17. The van der Waals surface area contributed by atoms with Crippen LogP contribution >= 0.6 is 28.1 Å². The standard InChI is InChI=1S/C24H25BrN2O5S/c1-4-14(2)16-5-7-17(8-6-16)31-9-10-32-21-19(25)12-15(13-20(21)30-3)11-18-22(28)26-24(33)27-23(18)29/h5-8,11-14H,4,9-10H2,1-3H3,(H2,26,27,28,29,33)/t14-/m0/s1. The van der Waals surface area contributed by atoms with E-state index in [0.717, 1.165) is 12.2 Å². The van der Waals surface area contributed by atoms with Crippen LogP contribution in [0.25, 0.3) is 6.08 Å². The maximum absolute atomic E-state index is 12.1. The number of nitrogens with one attached hydrogen (secondary N) is 2. The quantitative estimate of drug-likeness (QED) is 0.216. The smallest absolute Gasteiger partial charge is 0.263 e. The summed E-state index contributed by atoms with van der Waals surface area (Å²) in [4.78, 5) is 24.2. The first-order chi connectivity index (χ1) is 15.8. The zero-order valence-electron chi connectivity index (χ0n) is 18.6. The van der Waals surface area contributed by atoms with E-state index in [-0.39, 0.29) is 10.7 Å². The van der Waals surface area contributed by atoms with Gasteiger partial charge in [-0.05, 0) is 82.0 Å². The summed E-state index contributed by atoms with van der Waals surface area (Å²) in [5.74, 6) is 1.12. The minimum Gasteiger partial charge on any atom is -0.493 e. The number of amides is 2. The second-order valence-electron chi connectivity index (χ2n) is 7.40. The predicted octanol–water partition coefficient (Wildman–Crippen LogP) is 4.34. The molecule has 2 N–H and O–H groups in total. The average Bonchev–Trinajstić information content (AvgIpc) is 2.79. The van der Waals surface area contributed by atoms with Crippen LogP contribution in [0.15, 0.2) is 46.4 Å². The Labute approximate surface area is 206 Å². The fourth-order valence-electron chi connectivity index (χ4n) is 3.17. The molecule has 1 saturated heterocycles. The molecule has 174 valence electrons. The molecule has 0 bridgehead atoms. The predicted molar refractivity (Wildman–Crippen MR) is 134 cm³/mol. The Kier molecular flexibility index (Phi) is 8.46. The first kappa shape index (κ1) is 24.7. The first-order valence-corrected chi connectivity index (χ1v) is 11.6. The number of carbonyl (C=O) groups is 2. The van der Waals surface area contributed by atoms with Gasteiger partial charge in [0.2, 0.25) is 0 Å². The van der Waals surface area contributed by atoms with Crippen molar-refractivity contribution in [3.63, 3.8) is 0 Å². The molecule has 9 heteroatoms. The number of benzene rings is 2. The van der Waals surface area contributed by atoms with Gasteiger partial charge < -0.3 is 14.2 Å². The zero-order valence-corrected chi connectivity index (χ0v) is 21.0. The van der Waals surface area contributed by atoms with E-state index in [9.17, 15) is 9.59 Å². The molecule has 1 aliphatic heterocycles. The summed E-state index contributed by atoms with van der Waals surface area (Å²) in [7, 11) is 1.51. The van der Waals surface area contributed by atoms with Gasteiger partial charge in [0.05, 0.1) is 11.6 Å². The molecule has 7 nitrogen and oxygen atoms in total. The number of thiocarbonyl (C=S) groups is 1. The number of hydrogen-bond donors (Lipinski definition) is 2. The van der Waals surface area contributed by atoms with Gasteiger partial charge in [-0.15, -0.1) is 0 Å². The molecule has 1 atom stereocenters. The molecule has 0 aliphatic carbocycles. The lowest BCUT2D eigenvalue weighted by atomic mass is 9.99. The van der Waals surface area contributed by atoms with Gasteiger partial charge in [-0.25, -0.2) is 0 Å². The highest BCUT2D eigenvalue weighted by molar-refractivity contribution is 9.10. The first-order valence-electron chi connectivity index (χ1n) is 10.4. The van der Waals surface area contributed by atoms with Gasteiger partial charge in [0.15, 0.2) is 16.6 Å². The number of halogens is 1. The second kappa shape index (κ2) is 11.3. The van der Waals surface area contributed by atoms with Crippen molar-refractivity contribution in [1.82, 2.24) is 10.6 Å². The molecule has 0 saturated carbocycles. The molecule has 0 aromatic heterocycles. The molecular weight excluding hydrogens is 508 g/mol. The van der Waals surface area contributed by atoms with Crippen molar-refractivity contribution in [2.45, 2.75) is 26.2 Å². The van der Waals surface area contributed by atoms with Gasteiger partial charge in [-0.2, -0.15) is 0 Å². The molecule has 0 spiro atoms. The normalized spacial score (nSPS) is 14.3. The Morgan fingerprint density at radius 1 is 1.06 bits per heavy atom. The molecule has 0 radical (unpaired) electrons. The maximum atomic E-state index is 12.1. The van der Waals surface area contributed by atoms with Crippen molar-refractivity contribution < 1.29 is 23.8 Å². The molecule has 2 amide bonds. The zero-order chi connectivity index (χ0) is 24.0. The summed E-state index contributed by atoms with van der Waals surface area (Å²) in [5, 5.41) is 4.79. The van der Waals surface area contributed by atoms with Gasteiger partial charge in [-0.1, -0.05) is 26.0 Å². The number of carbonyl (C=O) groups excluding carboxylic acids is 2. The lowest BCUT2D eigenvalue weighted by molar-refractivity contribution is -0.123. The fraction of sp³-hybridized carbons (Fsp3) is 0.292. The van der Waals surface area contributed by atoms with E-state index in [1.54, 1.807) is 12.1 Å². The van der Waals surface area contributed by atoms with Crippen LogP contribution < -0.4 is 24.8 Å². The summed E-state index contributed by atoms with van der Waals surface area (Å²) >= 11 is 8.28. The summed E-state index contributed by atoms with van der Waals surface area (Å²) in [6.07, 6.45) is 2.55. The summed E-state index contributed by atoms with van der Waals surface area (Å²) < 4.78 is 17.7. The molecule has 33 heavy (non-hydrogen) atoms. The average molecular weight is 533 g/mol. The molecular formula is C24H25BrN2O5S. The van der Waals surface area contributed by atoms with Crippen LogP contribution in [-0.2, 0) is 9.59 Å². The highest BCUT2D eigenvalue weighted by atomic mass is 79.9. The number of ether oxygens (including phenoxy) is 3. The van der Waals surface area contributed by atoms with Gasteiger partial charge in [0.25, 0.3) is 11.8 Å². The van der Waals surface area contributed by atoms with Crippen molar-refractivity contribution in [1.29, 1.82) is 0 Å². The molecule has 2 aromatic rings. The number of rotatable bonds is 9. The minimum atomic E-state index is -0.562. The number of hydrogen-bond acceptors (Lipinski definition) is 6. The van der Waals surface area contributed by atoms with E-state index in [1.807, 2.05) is 12.1 Å². The Bertz CT molecular complexity index is 1060. The van der Waals surface area contributed by atoms with Crippen LogP contribution in [0, 0.1) is 0 Å². The summed E-state index contributed by atoms with van der Waals surface area (Å²) in [5.41, 5.74) is 1.81. The van der Waals surface area contributed by atoms with Crippen LogP contribution in [-0.4, -0.2) is 37.3 Å². The maximum Gasteiger partial charge on any atom is 0.263 e. The SMILES string of the molecule is CC[C@H](C)c1ccc(OCCOc2c(Br)cc(C=C3C(=O)NC(=S)NC3=O)cc2OC)cc1. The van der Waals surface area contributed by atoms with E-state index in [0.29, 0.717) is 40.7 Å². The van der Waals surface area contributed by atoms with Crippen molar-refractivity contribution in [2.24, 2.45) is 0 Å². The van der Waals surface area contributed by atoms with E-state index in [2.05, 4.69) is 52.5 Å². The van der Waals surface area contributed by atoms with Crippen molar-refractivity contribution in [2.75, 3.05) is 20.3 Å². The van der Waals surface area contributed by atoms with E-state index < -0.39 is 11.8 Å². The Balaban J connectivity index is 1.64. The van der Waals surface area contributed by atoms with Crippen LogP contribution in [0.2, 0.25) is 0 Å². The molecule has 1 fully saturated rings. The van der Waals surface area contributed by atoms with Gasteiger partial charge in [0.1, 0.15) is 24.5 Å². The largest absolute Gasteiger partial charge is 0.493 e. The van der Waals surface area contributed by atoms with Gasteiger partial charge in [-0.3, -0.25) is 20.2 Å². The third-order valence-corrected chi connectivity index (χ3v) is 5.96. The van der Waals surface area contributed by atoms with E-state index >= 15 is 0 Å². The molecule has 1 aliphatic rings. The van der Waals surface area contributed by atoms with Crippen LogP contribution in [0.1, 0.15) is 37.3 Å². The lowest BCUT2D eigenvalue weighted by Crippen LogP contribution is -2.51. The molecule has 3 rings (SSSR count). The lowest BCUT2D eigenvalue weighted by Gasteiger charge is -2.17. The van der Waals surface area contributed by atoms with Crippen LogP contribution in [0.4, 0.5) is 0 Å². The topological polar surface area (TPSA) is 85.9 Å². The van der Waals surface area contributed by atoms with Gasteiger partial charge in [0, 0.05) is 0 Å². The van der Waals surface area contributed by atoms with Gasteiger partial charge >= 0.3 is 0 Å². The number of methoxy groups -OCH3 is 1. The van der Waals surface area contributed by atoms with Crippen molar-refractivity contribution in [3.05, 3.63) is 57.6 Å². The van der Waals surface area contributed by atoms with E-state index in [1.165, 1.54) is 18.7 Å². The minimum absolute atomic E-state index is 0.0154. The van der Waals surface area contributed by atoms with Crippen molar-refractivity contribution >= 4 is 51.2 Å². The Hall–Kier alpha value is -2.91. The monoisotopic (exact) mass is 532 g/mol. The summed E-state index contributed by atoms with van der Waals surface area (Å²) in [6.45, 7) is 5.02. The highest BCUT2D eigenvalue weighted by Crippen LogP contribution is 2.37. The molecule has 0 unspecified atom stereocenters. The van der Waals surface area contributed by atoms with Crippen molar-refractivity contribution in [3.8, 4) is 17.2 Å². The fourth-order valence-corrected chi connectivity index (χ4v) is 3.93. The Morgan fingerprint density at radius 3 is 2.30 bits per heavy atom. The van der Waals surface area contributed by atoms with E-state index in [4.69, 9.17) is 26.4 Å². The Morgan fingerprint density at radius 2 is 1.70 bits per heavy atom. The van der Waals surface area contributed by atoms with Crippen LogP contribution in [0.3, 0.4) is 0 Å². The summed E-state index contributed by atoms with van der Waals surface area (Å²) in [6, 6.07) is 11.5. The molecule has 2 aromatic carbocycles. The highest BCUT2D eigenvalue weighted by Gasteiger charge is 2.26. The molecule has 1 heterocycles. The van der Waals surface area contributed by atoms with Crippen LogP contribution in [0.5, 0.6) is 17.2 Å².